The summed E-state index contributed by atoms with van der Waals surface area (Å²) in [5.74, 6) is 1.52. The Morgan fingerprint density at radius 2 is 1.86 bits per heavy atom. The van der Waals surface area contributed by atoms with Crippen molar-refractivity contribution in [2.24, 2.45) is 0 Å². The van der Waals surface area contributed by atoms with Crippen molar-refractivity contribution in [1.82, 2.24) is 4.98 Å². The van der Waals surface area contributed by atoms with E-state index in [0.29, 0.717) is 33.6 Å². The Morgan fingerprint density at radius 1 is 1.14 bits per heavy atom. The molecule has 1 amide bonds. The molecule has 148 valence electrons. The number of aromatic nitrogens is 1. The van der Waals surface area contributed by atoms with Crippen LogP contribution in [0.5, 0.6) is 17.2 Å². The molecule has 7 nitrogen and oxygen atoms in total. The minimum Gasteiger partial charge on any atom is -0.497 e. The molecule has 0 saturated heterocycles. The summed E-state index contributed by atoms with van der Waals surface area (Å²) < 4.78 is 16.3. The predicted octanol–water partition coefficient (Wildman–Crippen LogP) is 4.10. The minimum atomic E-state index is -0.735. The van der Waals surface area contributed by atoms with E-state index in [4.69, 9.17) is 19.5 Å². The van der Waals surface area contributed by atoms with Gasteiger partial charge in [0.1, 0.15) is 17.2 Å². The van der Waals surface area contributed by atoms with Gasteiger partial charge < -0.3 is 14.2 Å². The molecule has 1 atom stereocenters. The molecule has 1 unspecified atom stereocenters. The third kappa shape index (κ3) is 4.83. The van der Waals surface area contributed by atoms with Crippen LogP contribution in [0.2, 0.25) is 0 Å². The Morgan fingerprint density at radius 3 is 2.52 bits per heavy atom. The van der Waals surface area contributed by atoms with Gasteiger partial charge in [-0.15, -0.1) is 11.3 Å². The summed E-state index contributed by atoms with van der Waals surface area (Å²) in [5, 5.41) is 13.9. The van der Waals surface area contributed by atoms with E-state index in [1.165, 1.54) is 11.3 Å². The molecule has 29 heavy (non-hydrogen) atoms. The second-order valence-corrected chi connectivity index (χ2v) is 6.85. The molecule has 0 saturated carbocycles. The smallest absolute Gasteiger partial charge is 0.266 e. The van der Waals surface area contributed by atoms with Crippen LogP contribution >= 0.6 is 11.3 Å². The first-order chi connectivity index (χ1) is 14.0. The highest BCUT2D eigenvalue weighted by atomic mass is 32.1. The van der Waals surface area contributed by atoms with Gasteiger partial charge in [-0.3, -0.25) is 10.1 Å². The van der Waals surface area contributed by atoms with Crippen molar-refractivity contribution < 1.29 is 19.0 Å². The number of hydrogen-bond acceptors (Lipinski definition) is 7. The Balaban J connectivity index is 1.69. The van der Waals surface area contributed by atoms with Crippen LogP contribution in [0.4, 0.5) is 5.13 Å². The maximum Gasteiger partial charge on any atom is 0.266 e. The van der Waals surface area contributed by atoms with E-state index in [1.54, 1.807) is 57.5 Å². The zero-order valence-corrected chi connectivity index (χ0v) is 16.9. The Bertz CT molecular complexity index is 1040. The molecule has 3 rings (SSSR count). The van der Waals surface area contributed by atoms with Crippen molar-refractivity contribution in [3.63, 3.8) is 0 Å². The van der Waals surface area contributed by atoms with Gasteiger partial charge in [0, 0.05) is 10.9 Å². The van der Waals surface area contributed by atoms with Crippen molar-refractivity contribution in [1.29, 1.82) is 5.26 Å². The second-order valence-electron chi connectivity index (χ2n) is 5.99. The summed E-state index contributed by atoms with van der Waals surface area (Å²) in [6.45, 7) is 1.65. The molecular formula is C21H19N3O4S. The number of rotatable bonds is 7. The third-order valence-electron chi connectivity index (χ3n) is 4.08. The van der Waals surface area contributed by atoms with E-state index >= 15 is 0 Å². The number of amides is 1. The molecule has 2 aromatic carbocycles. The number of nitriles is 1. The SMILES string of the molecule is COc1ccc(OC)c(-c2csc(NC(=O)C(C)Oc3ccc(C#N)cc3)n2)c1. The molecule has 0 aliphatic rings. The van der Waals surface area contributed by atoms with Gasteiger partial charge in [0.2, 0.25) is 0 Å². The fourth-order valence-electron chi connectivity index (χ4n) is 2.54. The van der Waals surface area contributed by atoms with Crippen LogP contribution in [0.25, 0.3) is 11.3 Å². The van der Waals surface area contributed by atoms with Gasteiger partial charge in [-0.1, -0.05) is 0 Å². The highest BCUT2D eigenvalue weighted by Crippen LogP contribution is 2.35. The van der Waals surface area contributed by atoms with E-state index < -0.39 is 6.10 Å². The monoisotopic (exact) mass is 409 g/mol. The van der Waals surface area contributed by atoms with Crippen LogP contribution in [-0.2, 0) is 4.79 Å². The summed E-state index contributed by atoms with van der Waals surface area (Å²) >= 11 is 1.30. The molecule has 3 aromatic rings. The van der Waals surface area contributed by atoms with E-state index in [1.807, 2.05) is 17.5 Å². The summed E-state index contributed by atoms with van der Waals surface area (Å²) in [6, 6.07) is 14.0. The largest absolute Gasteiger partial charge is 0.497 e. The molecule has 0 radical (unpaired) electrons. The molecular weight excluding hydrogens is 390 g/mol. The second kappa shape index (κ2) is 9.08. The normalized spacial score (nSPS) is 11.2. The lowest BCUT2D eigenvalue weighted by Gasteiger charge is -2.13. The Hall–Kier alpha value is -3.57. The quantitative estimate of drug-likeness (QED) is 0.631. The van der Waals surface area contributed by atoms with Crippen molar-refractivity contribution >= 4 is 22.4 Å². The average molecular weight is 409 g/mol. The van der Waals surface area contributed by atoms with Crippen LogP contribution in [0.3, 0.4) is 0 Å². The molecule has 1 heterocycles. The molecule has 0 aliphatic heterocycles. The number of ether oxygens (including phenoxy) is 3. The number of nitrogens with zero attached hydrogens (tertiary/aromatic N) is 2. The van der Waals surface area contributed by atoms with Gasteiger partial charge in [-0.25, -0.2) is 4.98 Å². The number of thiazole rings is 1. The third-order valence-corrected chi connectivity index (χ3v) is 4.84. The fourth-order valence-corrected chi connectivity index (χ4v) is 3.26. The van der Waals surface area contributed by atoms with Crippen molar-refractivity contribution in [3.8, 4) is 34.6 Å². The highest BCUT2D eigenvalue weighted by Gasteiger charge is 2.18. The van der Waals surface area contributed by atoms with Gasteiger partial charge >= 0.3 is 0 Å². The number of methoxy groups -OCH3 is 2. The summed E-state index contributed by atoms with van der Waals surface area (Å²) in [7, 11) is 3.18. The minimum absolute atomic E-state index is 0.326. The van der Waals surface area contributed by atoms with Crippen molar-refractivity contribution in [3.05, 3.63) is 53.4 Å². The van der Waals surface area contributed by atoms with Gasteiger partial charge in [0.05, 0.1) is 31.5 Å². The molecule has 1 aromatic heterocycles. The van der Waals surface area contributed by atoms with E-state index in [2.05, 4.69) is 10.3 Å². The van der Waals surface area contributed by atoms with E-state index in [9.17, 15) is 4.79 Å². The highest BCUT2D eigenvalue weighted by molar-refractivity contribution is 7.14. The van der Waals surface area contributed by atoms with Gasteiger partial charge in [-0.2, -0.15) is 5.26 Å². The van der Waals surface area contributed by atoms with Crippen LogP contribution in [0, 0.1) is 11.3 Å². The van der Waals surface area contributed by atoms with Crippen LogP contribution in [0.1, 0.15) is 12.5 Å². The van der Waals surface area contributed by atoms with Gasteiger partial charge in [0.25, 0.3) is 5.91 Å². The number of carbonyl (C=O) groups is 1. The zero-order chi connectivity index (χ0) is 20.8. The lowest BCUT2D eigenvalue weighted by Crippen LogP contribution is -2.30. The Labute approximate surface area is 172 Å². The summed E-state index contributed by atoms with van der Waals surface area (Å²) in [4.78, 5) is 16.9. The first-order valence-electron chi connectivity index (χ1n) is 8.69. The van der Waals surface area contributed by atoms with Crippen molar-refractivity contribution in [2.45, 2.75) is 13.0 Å². The molecule has 0 spiro atoms. The molecule has 0 bridgehead atoms. The number of anilines is 1. The lowest BCUT2D eigenvalue weighted by molar-refractivity contribution is -0.122. The number of nitrogens with one attached hydrogen (secondary N) is 1. The fraction of sp³-hybridized carbons (Fsp3) is 0.190. The summed E-state index contributed by atoms with van der Waals surface area (Å²) in [6.07, 6.45) is -0.735. The van der Waals surface area contributed by atoms with E-state index in [0.717, 1.165) is 5.56 Å². The topological polar surface area (TPSA) is 93.5 Å². The van der Waals surface area contributed by atoms with Gasteiger partial charge in [0.15, 0.2) is 11.2 Å². The van der Waals surface area contributed by atoms with Crippen LogP contribution in [-0.4, -0.2) is 31.2 Å². The van der Waals surface area contributed by atoms with Crippen LogP contribution in [0.15, 0.2) is 47.8 Å². The molecule has 1 N–H and O–H groups in total. The van der Waals surface area contributed by atoms with Crippen LogP contribution < -0.4 is 19.5 Å². The number of hydrogen-bond donors (Lipinski definition) is 1. The maximum atomic E-state index is 12.4. The lowest BCUT2D eigenvalue weighted by atomic mass is 10.1. The standard InChI is InChI=1S/C21H19N3O4S/c1-13(28-15-6-4-14(11-22)5-7-15)20(25)24-21-23-18(12-29-21)17-10-16(26-2)8-9-19(17)27-3/h4-10,12-13H,1-3H3,(H,23,24,25). The first kappa shape index (κ1) is 20.2. The zero-order valence-electron chi connectivity index (χ0n) is 16.1. The number of benzene rings is 2. The van der Waals surface area contributed by atoms with Gasteiger partial charge in [-0.05, 0) is 49.4 Å². The Kier molecular flexibility index (Phi) is 6.32. The van der Waals surface area contributed by atoms with Crippen molar-refractivity contribution in [2.75, 3.05) is 19.5 Å². The maximum absolute atomic E-state index is 12.4. The first-order valence-corrected chi connectivity index (χ1v) is 9.57. The molecule has 0 fully saturated rings. The van der Waals surface area contributed by atoms with E-state index in [-0.39, 0.29) is 5.91 Å². The summed E-state index contributed by atoms with van der Waals surface area (Å²) in [5.41, 5.74) is 1.96. The molecule has 0 aliphatic carbocycles. The predicted molar refractivity (Wildman–Crippen MR) is 111 cm³/mol. The average Bonchev–Trinajstić information content (AvgIpc) is 3.22. The molecule has 8 heteroatoms. The number of carbonyl (C=O) groups excluding carboxylic acids is 1.